The predicted octanol–water partition coefficient (Wildman–Crippen LogP) is -0.418. The zero-order valence-corrected chi connectivity index (χ0v) is 15.8. The maximum Gasteiger partial charge on any atom is 0.250 e. The lowest BCUT2D eigenvalue weighted by atomic mass is 9.76. The van der Waals surface area contributed by atoms with E-state index in [9.17, 15) is 19.2 Å². The van der Waals surface area contributed by atoms with Crippen LogP contribution in [-0.2, 0) is 29.5 Å². The van der Waals surface area contributed by atoms with Crippen LogP contribution in [0.25, 0.3) is 0 Å². The van der Waals surface area contributed by atoms with Crippen LogP contribution in [0, 0.1) is 11.8 Å². The van der Waals surface area contributed by atoms with Crippen molar-refractivity contribution in [2.75, 3.05) is 25.6 Å². The quantitative estimate of drug-likeness (QED) is 0.569. The van der Waals surface area contributed by atoms with Gasteiger partial charge in [0.15, 0.2) is 0 Å². The number of primary amides is 1. The van der Waals surface area contributed by atoms with Gasteiger partial charge in [-0.25, -0.2) is 0 Å². The minimum Gasteiger partial charge on any atom is -0.383 e. The van der Waals surface area contributed by atoms with Crippen LogP contribution in [0.4, 0.5) is 5.69 Å². The Labute approximate surface area is 165 Å². The van der Waals surface area contributed by atoms with Crippen LogP contribution in [0.15, 0.2) is 18.2 Å². The average molecular weight is 407 g/mol. The summed E-state index contributed by atoms with van der Waals surface area (Å²) in [6, 6.07) is 4.23. The van der Waals surface area contributed by atoms with Gasteiger partial charge in [-0.2, -0.15) is 0 Å². The molecule has 4 atom stereocenters. The Morgan fingerprint density at radius 3 is 2.75 bits per heavy atom. The van der Waals surface area contributed by atoms with Gasteiger partial charge in [0.1, 0.15) is 5.54 Å². The third-order valence-corrected chi connectivity index (χ3v) is 6.05. The SMILES string of the molecule is COCCN1C(=O)[C@@H]2C(CC(N)=O)NC3(C(=O)Nc4c(Cl)cccc43)[C@@H]2C1=O. The topological polar surface area (TPSA) is 131 Å². The molecule has 3 aliphatic heterocycles. The van der Waals surface area contributed by atoms with E-state index in [0.29, 0.717) is 16.3 Å². The van der Waals surface area contributed by atoms with Crippen LogP contribution in [-0.4, -0.2) is 54.8 Å². The number of ether oxygens (including phenoxy) is 1. The number of nitrogens with one attached hydrogen (secondary N) is 2. The first-order valence-corrected chi connectivity index (χ1v) is 9.21. The van der Waals surface area contributed by atoms with Crippen molar-refractivity contribution in [3.8, 4) is 0 Å². The van der Waals surface area contributed by atoms with Crippen molar-refractivity contribution in [2.45, 2.75) is 18.0 Å². The minimum absolute atomic E-state index is 0.0740. The van der Waals surface area contributed by atoms with Crippen LogP contribution < -0.4 is 16.4 Å². The highest BCUT2D eigenvalue weighted by molar-refractivity contribution is 6.35. The maximum atomic E-state index is 13.2. The van der Waals surface area contributed by atoms with Crippen LogP contribution in [0.5, 0.6) is 0 Å². The van der Waals surface area contributed by atoms with E-state index < -0.39 is 47.0 Å². The summed E-state index contributed by atoms with van der Waals surface area (Å²) in [5.41, 5.74) is 4.76. The molecule has 0 aliphatic carbocycles. The largest absolute Gasteiger partial charge is 0.383 e. The molecule has 3 aliphatic rings. The predicted molar refractivity (Wildman–Crippen MR) is 98.1 cm³/mol. The second-order valence-corrected chi connectivity index (χ2v) is 7.58. The summed E-state index contributed by atoms with van der Waals surface area (Å²) in [5, 5.41) is 6.15. The molecule has 3 heterocycles. The highest BCUT2D eigenvalue weighted by Crippen LogP contribution is 2.54. The maximum absolute atomic E-state index is 13.2. The monoisotopic (exact) mass is 406 g/mol. The van der Waals surface area contributed by atoms with Gasteiger partial charge in [-0.05, 0) is 6.07 Å². The number of hydrogen-bond donors (Lipinski definition) is 3. The van der Waals surface area contributed by atoms with Gasteiger partial charge in [-0.1, -0.05) is 23.7 Å². The molecule has 4 amide bonds. The van der Waals surface area contributed by atoms with Crippen LogP contribution >= 0.6 is 11.6 Å². The van der Waals surface area contributed by atoms with Gasteiger partial charge in [0.2, 0.25) is 23.6 Å². The highest BCUT2D eigenvalue weighted by atomic mass is 35.5. The number of benzene rings is 1. The Balaban J connectivity index is 1.85. The number of nitrogens with zero attached hydrogens (tertiary/aromatic N) is 1. The van der Waals surface area contributed by atoms with Gasteiger partial charge in [-0.3, -0.25) is 29.4 Å². The second-order valence-electron chi connectivity index (χ2n) is 7.17. The highest BCUT2D eigenvalue weighted by Gasteiger charge is 2.70. The van der Waals surface area contributed by atoms with E-state index in [-0.39, 0.29) is 19.6 Å². The fraction of sp³-hybridized carbons (Fsp3) is 0.444. The minimum atomic E-state index is -1.49. The van der Waals surface area contributed by atoms with Crippen molar-refractivity contribution in [3.63, 3.8) is 0 Å². The molecule has 4 N–H and O–H groups in total. The molecule has 9 nitrogen and oxygen atoms in total. The van der Waals surface area contributed by atoms with E-state index in [0.717, 1.165) is 4.90 Å². The number of rotatable bonds is 5. The summed E-state index contributed by atoms with van der Waals surface area (Å²) in [7, 11) is 1.47. The van der Waals surface area contributed by atoms with Crippen molar-refractivity contribution in [3.05, 3.63) is 28.8 Å². The van der Waals surface area contributed by atoms with Gasteiger partial charge >= 0.3 is 0 Å². The van der Waals surface area contributed by atoms with Crippen molar-refractivity contribution >= 4 is 40.9 Å². The Morgan fingerprint density at radius 1 is 1.32 bits per heavy atom. The fourth-order valence-corrected chi connectivity index (χ4v) is 4.87. The van der Waals surface area contributed by atoms with Crippen LogP contribution in [0.1, 0.15) is 12.0 Å². The number of amides is 4. The average Bonchev–Trinajstić information content (AvgIpc) is 3.20. The Morgan fingerprint density at radius 2 is 2.07 bits per heavy atom. The number of imide groups is 1. The first-order chi connectivity index (χ1) is 13.3. The number of carbonyl (C=O) groups is 4. The van der Waals surface area contributed by atoms with Gasteiger partial charge in [0.05, 0.1) is 35.7 Å². The summed E-state index contributed by atoms with van der Waals surface area (Å²) in [5.74, 6) is -3.91. The number of anilines is 1. The van der Waals surface area contributed by atoms with Crippen LogP contribution in [0.3, 0.4) is 0 Å². The second kappa shape index (κ2) is 6.54. The molecular formula is C18H19ClN4O5. The zero-order valence-electron chi connectivity index (χ0n) is 15.0. The van der Waals surface area contributed by atoms with E-state index in [1.165, 1.54) is 7.11 Å². The summed E-state index contributed by atoms with van der Waals surface area (Å²) < 4.78 is 4.99. The fourth-order valence-electron chi connectivity index (χ4n) is 4.65. The van der Waals surface area contributed by atoms with Gasteiger partial charge in [0, 0.05) is 25.1 Å². The van der Waals surface area contributed by atoms with E-state index in [2.05, 4.69) is 10.6 Å². The van der Waals surface area contributed by atoms with Gasteiger partial charge < -0.3 is 15.8 Å². The summed E-state index contributed by atoms with van der Waals surface area (Å²) in [6.07, 6.45) is -0.177. The lowest BCUT2D eigenvalue weighted by Crippen LogP contribution is -2.53. The Kier molecular flexibility index (Phi) is 4.40. The van der Waals surface area contributed by atoms with E-state index in [1.807, 2.05) is 0 Å². The number of methoxy groups -OCH3 is 1. The third-order valence-electron chi connectivity index (χ3n) is 5.73. The molecule has 0 radical (unpaired) electrons. The number of likely N-dealkylation sites (tertiary alicyclic amines) is 1. The molecule has 2 unspecified atom stereocenters. The number of halogens is 1. The summed E-state index contributed by atoms with van der Waals surface area (Å²) in [6.45, 7) is 0.247. The number of para-hydroxylation sites is 1. The van der Waals surface area contributed by atoms with Crippen LogP contribution in [0.2, 0.25) is 5.02 Å². The number of hydrogen-bond acceptors (Lipinski definition) is 6. The first kappa shape index (κ1) is 18.9. The number of carbonyl (C=O) groups excluding carboxylic acids is 4. The number of fused-ring (bicyclic) bond motifs is 4. The molecule has 4 rings (SSSR count). The van der Waals surface area contributed by atoms with E-state index in [1.54, 1.807) is 18.2 Å². The molecule has 0 aromatic heterocycles. The van der Waals surface area contributed by atoms with Crippen molar-refractivity contribution in [2.24, 2.45) is 17.6 Å². The molecular weight excluding hydrogens is 388 g/mol. The van der Waals surface area contributed by atoms with Gasteiger partial charge in [-0.15, -0.1) is 0 Å². The smallest absolute Gasteiger partial charge is 0.250 e. The molecule has 1 aromatic carbocycles. The van der Waals surface area contributed by atoms with E-state index >= 15 is 0 Å². The molecule has 2 saturated heterocycles. The van der Waals surface area contributed by atoms with Crippen molar-refractivity contribution in [1.29, 1.82) is 0 Å². The summed E-state index contributed by atoms with van der Waals surface area (Å²) >= 11 is 6.23. The van der Waals surface area contributed by atoms with Crippen molar-refractivity contribution < 1.29 is 23.9 Å². The molecule has 0 bridgehead atoms. The lowest BCUT2D eigenvalue weighted by Gasteiger charge is -2.29. The lowest BCUT2D eigenvalue weighted by molar-refractivity contribution is -0.143. The summed E-state index contributed by atoms with van der Waals surface area (Å²) in [4.78, 5) is 52.0. The molecule has 1 spiro atoms. The standard InChI is InChI=1S/C18H19ClN4O5/c1-28-6-5-23-15(25)12-10(7-11(20)24)22-18(13(12)16(23)26)8-3-2-4-9(19)14(8)21-17(18)27/h2-4,10,12-13,22H,5-7H2,1H3,(H2,20,24)(H,21,27)/t10?,12-,13+,18?/m1/s1. The molecule has 1 aromatic rings. The molecule has 10 heteroatoms. The number of nitrogens with two attached hydrogens (primary N) is 1. The Bertz CT molecular complexity index is 906. The van der Waals surface area contributed by atoms with E-state index in [4.69, 9.17) is 22.1 Å². The molecule has 2 fully saturated rings. The normalized spacial score (nSPS) is 30.7. The third kappa shape index (κ3) is 2.40. The zero-order chi connectivity index (χ0) is 20.2. The van der Waals surface area contributed by atoms with Gasteiger partial charge in [0.25, 0.3) is 0 Å². The molecule has 28 heavy (non-hydrogen) atoms. The Hall–Kier alpha value is -2.49. The van der Waals surface area contributed by atoms with Crippen molar-refractivity contribution in [1.82, 2.24) is 10.2 Å². The molecule has 0 saturated carbocycles. The first-order valence-electron chi connectivity index (χ1n) is 8.83. The molecule has 148 valence electrons.